The highest BCUT2D eigenvalue weighted by atomic mass is 16.5. The zero-order valence-electron chi connectivity index (χ0n) is 50.8. The molecule has 0 saturated heterocycles. The van der Waals surface area contributed by atoms with Gasteiger partial charge in [-0.15, -0.1) is 0 Å². The van der Waals surface area contributed by atoms with Crippen LogP contribution in [0.1, 0.15) is 181 Å². The molecule has 82 heavy (non-hydrogen) atoms. The molecule has 0 amide bonds. The van der Waals surface area contributed by atoms with Crippen molar-refractivity contribution >= 4 is 65.0 Å². The Balaban J connectivity index is 0.973. The van der Waals surface area contributed by atoms with Crippen LogP contribution in [0.25, 0.3) is 76.1 Å². The third kappa shape index (κ3) is 9.94. The highest BCUT2D eigenvalue weighted by Gasteiger charge is 2.39. The molecule has 0 spiro atoms. The van der Waals surface area contributed by atoms with E-state index in [1.807, 2.05) is 0 Å². The van der Waals surface area contributed by atoms with Gasteiger partial charge in [0.05, 0.1) is 13.2 Å². The van der Waals surface area contributed by atoms with Crippen molar-refractivity contribution < 1.29 is 9.47 Å². The SMILES string of the molecule is CCCCC(CC)COc1ccc2ccc3c4c(ccc1c24)CCC=3c1cc(C2=CCC3C=CC4=C5C3=C2CCC5CC=C4C(C)CC(CC)CCCC)cc(-c2ccc3ccc4c(OCC(CC)CCCC)ccc5ccc2c3c54)c1. The lowest BCUT2D eigenvalue weighted by atomic mass is 9.61. The number of hydrogen-bond donors (Lipinski definition) is 0. The second-order valence-electron chi connectivity index (χ2n) is 26.0. The van der Waals surface area contributed by atoms with Crippen LogP contribution in [0, 0.1) is 35.5 Å². The molecular formula is C80H90O2. The molecule has 6 atom stereocenters. The molecule has 0 fully saturated rings. The second-order valence-corrected chi connectivity index (χ2v) is 26.0. The Bertz CT molecular complexity index is 3920. The summed E-state index contributed by atoms with van der Waals surface area (Å²) in [6.07, 6.45) is 33.4. The lowest BCUT2D eigenvalue weighted by Crippen LogP contribution is -2.28. The Morgan fingerprint density at radius 3 is 1.78 bits per heavy atom. The molecule has 0 heterocycles. The van der Waals surface area contributed by atoms with Crippen LogP contribution in [-0.2, 0) is 6.42 Å². The van der Waals surface area contributed by atoms with Gasteiger partial charge in [0.2, 0.25) is 0 Å². The predicted molar refractivity (Wildman–Crippen MR) is 352 cm³/mol. The van der Waals surface area contributed by atoms with E-state index in [4.69, 9.17) is 9.47 Å². The molecule has 5 aliphatic rings. The highest BCUT2D eigenvalue weighted by molar-refractivity contribution is 6.26. The van der Waals surface area contributed by atoms with E-state index in [1.165, 1.54) is 182 Å². The molecule has 0 aliphatic heterocycles. The fourth-order valence-electron chi connectivity index (χ4n) is 16.2. The molecule has 13 rings (SSSR count). The van der Waals surface area contributed by atoms with E-state index < -0.39 is 0 Å². The molecule has 5 aliphatic carbocycles. The van der Waals surface area contributed by atoms with Crippen LogP contribution in [0.4, 0.5) is 0 Å². The summed E-state index contributed by atoms with van der Waals surface area (Å²) in [5, 5.41) is 14.5. The zero-order valence-corrected chi connectivity index (χ0v) is 50.8. The molecule has 8 aromatic carbocycles. The van der Waals surface area contributed by atoms with E-state index in [0.29, 0.717) is 29.6 Å². The molecule has 0 bridgehead atoms. The summed E-state index contributed by atoms with van der Waals surface area (Å²) in [6, 6.07) is 40.8. The molecule has 0 saturated carbocycles. The summed E-state index contributed by atoms with van der Waals surface area (Å²) in [4.78, 5) is 0. The maximum atomic E-state index is 6.83. The van der Waals surface area contributed by atoms with Gasteiger partial charge in [-0.05, 0) is 228 Å². The Morgan fingerprint density at radius 1 is 0.512 bits per heavy atom. The summed E-state index contributed by atoms with van der Waals surface area (Å²) < 4.78 is 13.7. The Hall–Kier alpha value is -6.38. The van der Waals surface area contributed by atoms with E-state index in [-0.39, 0.29) is 0 Å². The van der Waals surface area contributed by atoms with Crippen molar-refractivity contribution in [2.45, 2.75) is 170 Å². The number of benzene rings is 8. The van der Waals surface area contributed by atoms with E-state index in [9.17, 15) is 0 Å². The van der Waals surface area contributed by atoms with E-state index in [2.05, 4.69) is 176 Å². The number of ether oxygens (including phenoxy) is 2. The zero-order chi connectivity index (χ0) is 56.0. The van der Waals surface area contributed by atoms with Gasteiger partial charge < -0.3 is 9.47 Å². The van der Waals surface area contributed by atoms with E-state index in [1.54, 1.807) is 27.9 Å². The van der Waals surface area contributed by atoms with Crippen LogP contribution in [0.15, 0.2) is 155 Å². The highest BCUT2D eigenvalue weighted by Crippen LogP contribution is 2.56. The molecule has 8 aromatic rings. The quantitative estimate of drug-likeness (QED) is 0.0562. The van der Waals surface area contributed by atoms with Gasteiger partial charge in [-0.1, -0.05) is 204 Å². The molecule has 0 aromatic heterocycles. The summed E-state index contributed by atoms with van der Waals surface area (Å²) in [6.45, 7) is 18.1. The first kappa shape index (κ1) is 54.8. The van der Waals surface area contributed by atoms with Crippen molar-refractivity contribution in [1.29, 1.82) is 0 Å². The molecule has 2 nitrogen and oxygen atoms in total. The van der Waals surface area contributed by atoms with Crippen molar-refractivity contribution in [3.05, 3.63) is 177 Å². The minimum Gasteiger partial charge on any atom is -0.493 e. The van der Waals surface area contributed by atoms with Gasteiger partial charge in [0, 0.05) is 27.5 Å². The average Bonchev–Trinajstić information content (AvgIpc) is 3.67. The maximum Gasteiger partial charge on any atom is 0.127 e. The summed E-state index contributed by atoms with van der Waals surface area (Å²) >= 11 is 0. The molecule has 0 radical (unpaired) electrons. The minimum atomic E-state index is 0.453. The molecular weight excluding hydrogens is 993 g/mol. The van der Waals surface area contributed by atoms with Gasteiger partial charge in [0.1, 0.15) is 11.5 Å². The molecule has 0 N–H and O–H groups in total. The Labute approximate surface area is 490 Å². The third-order valence-corrected chi connectivity index (χ3v) is 21.0. The van der Waals surface area contributed by atoms with Crippen LogP contribution < -0.4 is 14.7 Å². The number of aryl methyl sites for hydroxylation is 1. The predicted octanol–water partition coefficient (Wildman–Crippen LogP) is 22.2. The average molecular weight is 1080 g/mol. The summed E-state index contributed by atoms with van der Waals surface area (Å²) in [5.41, 5.74) is 18.0. The fourth-order valence-corrected chi connectivity index (χ4v) is 16.2. The topological polar surface area (TPSA) is 18.5 Å². The number of allylic oxidation sites excluding steroid dienone is 10. The normalized spacial score (nSPS) is 19.1. The van der Waals surface area contributed by atoms with Gasteiger partial charge in [0.15, 0.2) is 0 Å². The Kier molecular flexibility index (Phi) is 15.9. The minimum absolute atomic E-state index is 0.453. The first-order valence-corrected chi connectivity index (χ1v) is 33.0. The second kappa shape index (κ2) is 23.7. The van der Waals surface area contributed by atoms with Gasteiger partial charge in [-0.2, -0.15) is 0 Å². The molecule has 422 valence electrons. The van der Waals surface area contributed by atoms with Crippen molar-refractivity contribution in [1.82, 2.24) is 0 Å². The van der Waals surface area contributed by atoms with Crippen molar-refractivity contribution in [2.75, 3.05) is 13.2 Å². The largest absolute Gasteiger partial charge is 0.493 e. The van der Waals surface area contributed by atoms with E-state index >= 15 is 0 Å². The summed E-state index contributed by atoms with van der Waals surface area (Å²) in [7, 11) is 0. The monoisotopic (exact) mass is 1080 g/mol. The number of rotatable bonds is 24. The first-order valence-electron chi connectivity index (χ1n) is 33.0. The van der Waals surface area contributed by atoms with Gasteiger partial charge in [-0.3, -0.25) is 0 Å². The van der Waals surface area contributed by atoms with Crippen LogP contribution in [-0.4, -0.2) is 13.2 Å². The Morgan fingerprint density at radius 2 is 1.10 bits per heavy atom. The maximum absolute atomic E-state index is 6.83. The van der Waals surface area contributed by atoms with Crippen molar-refractivity contribution in [2.24, 2.45) is 35.5 Å². The van der Waals surface area contributed by atoms with Crippen molar-refractivity contribution in [3.8, 4) is 22.6 Å². The lowest BCUT2D eigenvalue weighted by Gasteiger charge is -2.43. The van der Waals surface area contributed by atoms with Gasteiger partial charge >= 0.3 is 0 Å². The smallest absolute Gasteiger partial charge is 0.127 e. The fraction of sp³-hybridized carbons (Fsp3) is 0.425. The molecule has 2 heteroatoms. The van der Waals surface area contributed by atoms with Gasteiger partial charge in [-0.25, -0.2) is 0 Å². The van der Waals surface area contributed by atoms with Crippen LogP contribution in [0.5, 0.6) is 11.5 Å². The standard InChI is InChI=1S/C80H90O2/c1-8-14-17-51(11-4)44-50(7)63-32-20-54-25-37-68-64(33-21-55-24-36-67(63)75(54)76(55)68)60-45-61(65-34-22-56-28-40-71-73(81-48-52(12-5)18-15-9-2)42-30-58-26-38-69(65)77(56)79(58)71)47-62(46-60)66-35-23-57-29-41-72-74(82-49-53(13-6)19-16-10-3)43-31-59-27-39-70(66)78(57)80(59)72/h22,24,26-34,36,38-43,45-47,50-55H,8-21,23,25,35,37,44,48-49H2,1-7H3. The lowest BCUT2D eigenvalue weighted by molar-refractivity contribution is 0.235. The molecule has 6 unspecified atom stereocenters. The third-order valence-electron chi connectivity index (χ3n) is 21.0. The van der Waals surface area contributed by atoms with Crippen LogP contribution >= 0.6 is 0 Å². The van der Waals surface area contributed by atoms with Crippen LogP contribution in [0.3, 0.4) is 0 Å². The van der Waals surface area contributed by atoms with Crippen LogP contribution in [0.2, 0.25) is 0 Å². The van der Waals surface area contributed by atoms with Crippen molar-refractivity contribution in [3.63, 3.8) is 0 Å². The summed E-state index contributed by atoms with van der Waals surface area (Å²) in [5.74, 6) is 5.63. The van der Waals surface area contributed by atoms with E-state index in [0.717, 1.165) is 69.2 Å². The number of unbranched alkanes of at least 4 members (excludes halogenated alkanes) is 3. The first-order chi connectivity index (χ1) is 40.3. The van der Waals surface area contributed by atoms with Gasteiger partial charge in [0.25, 0.3) is 0 Å². The number of hydrogen-bond acceptors (Lipinski definition) is 2.